The number of amides is 3. The number of rotatable bonds is 7. The highest BCUT2D eigenvalue weighted by atomic mass is 32.2. The Hall–Kier alpha value is -2.80. The first-order valence-electron chi connectivity index (χ1n) is 8.62. The summed E-state index contributed by atoms with van der Waals surface area (Å²) in [6.07, 6.45) is 0. The molecule has 0 aromatic heterocycles. The van der Waals surface area contributed by atoms with E-state index in [4.69, 9.17) is 0 Å². The second-order valence-corrected chi connectivity index (χ2v) is 7.31. The molecule has 27 heavy (non-hydrogen) atoms. The zero-order valence-corrected chi connectivity index (χ0v) is 16.4. The second-order valence-electron chi connectivity index (χ2n) is 5.89. The number of thioether (sulfide) groups is 1. The van der Waals surface area contributed by atoms with Crippen molar-refractivity contribution in [2.24, 2.45) is 0 Å². The van der Waals surface area contributed by atoms with Crippen molar-refractivity contribution >= 4 is 40.9 Å². The smallest absolute Gasteiger partial charge is 0.251 e. The first kappa shape index (κ1) is 20.5. The minimum Gasteiger partial charge on any atom is -0.352 e. The fraction of sp³-hybridized carbons (Fsp3) is 0.250. The van der Waals surface area contributed by atoms with Gasteiger partial charge in [0.25, 0.3) is 5.91 Å². The third-order valence-electron chi connectivity index (χ3n) is 3.61. The minimum absolute atomic E-state index is 0.124. The van der Waals surface area contributed by atoms with Crippen LogP contribution in [0.2, 0.25) is 0 Å². The van der Waals surface area contributed by atoms with E-state index in [1.54, 1.807) is 36.4 Å². The van der Waals surface area contributed by atoms with Gasteiger partial charge in [0.2, 0.25) is 11.8 Å². The van der Waals surface area contributed by atoms with Gasteiger partial charge in [-0.3, -0.25) is 14.4 Å². The summed E-state index contributed by atoms with van der Waals surface area (Å²) in [5.41, 5.74) is 1.91. The molecule has 6 nitrogen and oxygen atoms in total. The Balaban J connectivity index is 1.91. The van der Waals surface area contributed by atoms with E-state index in [1.807, 2.05) is 26.0 Å². The zero-order valence-electron chi connectivity index (χ0n) is 15.5. The second kappa shape index (κ2) is 9.78. The van der Waals surface area contributed by atoms with Crippen LogP contribution < -0.4 is 16.0 Å². The Kier molecular flexibility index (Phi) is 7.43. The van der Waals surface area contributed by atoms with Crippen LogP contribution in [-0.4, -0.2) is 29.5 Å². The van der Waals surface area contributed by atoms with E-state index in [0.29, 0.717) is 17.8 Å². The van der Waals surface area contributed by atoms with E-state index in [2.05, 4.69) is 16.0 Å². The minimum atomic E-state index is -0.306. The molecule has 0 saturated carbocycles. The maximum absolute atomic E-state index is 12.4. The Labute approximate surface area is 163 Å². The molecule has 0 bridgehead atoms. The van der Waals surface area contributed by atoms with Crippen molar-refractivity contribution in [3.8, 4) is 0 Å². The Morgan fingerprint density at radius 3 is 2.04 bits per heavy atom. The van der Waals surface area contributed by atoms with Crippen LogP contribution in [0.15, 0.2) is 53.4 Å². The van der Waals surface area contributed by atoms with Crippen LogP contribution in [0.25, 0.3) is 0 Å². The van der Waals surface area contributed by atoms with Crippen LogP contribution in [0.4, 0.5) is 11.4 Å². The molecule has 2 aromatic rings. The lowest BCUT2D eigenvalue weighted by atomic mass is 10.2. The number of benzene rings is 2. The Morgan fingerprint density at radius 1 is 0.926 bits per heavy atom. The molecule has 3 N–H and O–H groups in total. The van der Waals surface area contributed by atoms with Gasteiger partial charge in [0.1, 0.15) is 0 Å². The number of hydrogen-bond acceptors (Lipinski definition) is 4. The molecule has 0 aliphatic rings. The average molecular weight is 385 g/mol. The summed E-state index contributed by atoms with van der Waals surface area (Å²) in [7, 11) is 0. The maximum atomic E-state index is 12.4. The zero-order chi connectivity index (χ0) is 19.8. The lowest BCUT2D eigenvalue weighted by Gasteiger charge is -2.13. The highest BCUT2D eigenvalue weighted by Gasteiger charge is 2.15. The number of anilines is 2. The Bertz CT molecular complexity index is 804. The number of carbonyl (C=O) groups is 3. The van der Waals surface area contributed by atoms with Gasteiger partial charge < -0.3 is 16.0 Å². The van der Waals surface area contributed by atoms with E-state index in [9.17, 15) is 14.4 Å². The monoisotopic (exact) mass is 385 g/mol. The van der Waals surface area contributed by atoms with Crippen LogP contribution in [0.5, 0.6) is 0 Å². The molecule has 2 rings (SSSR count). The van der Waals surface area contributed by atoms with Crippen LogP contribution in [-0.2, 0) is 9.59 Å². The highest BCUT2D eigenvalue weighted by Crippen LogP contribution is 2.25. The van der Waals surface area contributed by atoms with Crippen molar-refractivity contribution in [2.75, 3.05) is 17.2 Å². The van der Waals surface area contributed by atoms with Crippen LogP contribution in [0.3, 0.4) is 0 Å². The molecule has 2 aromatic carbocycles. The van der Waals surface area contributed by atoms with Crippen LogP contribution in [0, 0.1) is 0 Å². The van der Waals surface area contributed by atoms with Gasteiger partial charge in [-0.05, 0) is 62.4 Å². The molecule has 1 atom stereocenters. The molecule has 0 radical (unpaired) electrons. The summed E-state index contributed by atoms with van der Waals surface area (Å²) in [5, 5.41) is 7.98. The summed E-state index contributed by atoms with van der Waals surface area (Å²) in [4.78, 5) is 36.1. The van der Waals surface area contributed by atoms with Crippen molar-refractivity contribution < 1.29 is 14.4 Å². The molecule has 3 amide bonds. The summed E-state index contributed by atoms with van der Waals surface area (Å²) in [6.45, 7) is 5.71. The predicted molar refractivity (Wildman–Crippen MR) is 109 cm³/mol. The van der Waals surface area contributed by atoms with Crippen molar-refractivity contribution in [2.45, 2.75) is 30.9 Å². The average Bonchev–Trinajstić information content (AvgIpc) is 2.63. The van der Waals surface area contributed by atoms with E-state index in [-0.39, 0.29) is 23.0 Å². The SMILES string of the molecule is CCNC(=O)c1ccc(NC(=O)C(C)Sc2ccc(NC(C)=O)cc2)cc1. The van der Waals surface area contributed by atoms with Crippen molar-refractivity contribution in [1.82, 2.24) is 5.32 Å². The van der Waals surface area contributed by atoms with E-state index >= 15 is 0 Å². The molecular weight excluding hydrogens is 362 g/mol. The van der Waals surface area contributed by atoms with Crippen molar-refractivity contribution in [1.29, 1.82) is 0 Å². The molecule has 0 fully saturated rings. The molecule has 142 valence electrons. The van der Waals surface area contributed by atoms with Gasteiger partial charge in [-0.25, -0.2) is 0 Å². The molecule has 0 heterocycles. The van der Waals surface area contributed by atoms with Gasteiger partial charge >= 0.3 is 0 Å². The maximum Gasteiger partial charge on any atom is 0.251 e. The van der Waals surface area contributed by atoms with E-state index in [1.165, 1.54) is 18.7 Å². The summed E-state index contributed by atoms with van der Waals surface area (Å²) >= 11 is 1.42. The highest BCUT2D eigenvalue weighted by molar-refractivity contribution is 8.00. The fourth-order valence-corrected chi connectivity index (χ4v) is 3.16. The van der Waals surface area contributed by atoms with Gasteiger partial charge in [0.05, 0.1) is 5.25 Å². The molecule has 7 heteroatoms. The largest absolute Gasteiger partial charge is 0.352 e. The summed E-state index contributed by atoms with van der Waals surface area (Å²) < 4.78 is 0. The standard InChI is InChI=1S/C20H23N3O3S/c1-4-21-20(26)15-5-7-17(8-6-15)23-19(25)13(2)27-18-11-9-16(10-12-18)22-14(3)24/h5-13H,4H2,1-3H3,(H,21,26)(H,22,24)(H,23,25). The summed E-state index contributed by atoms with van der Waals surface area (Å²) in [6, 6.07) is 14.1. The normalized spacial score (nSPS) is 11.4. The number of nitrogens with one attached hydrogen (secondary N) is 3. The molecular formula is C20H23N3O3S. The van der Waals surface area contributed by atoms with Crippen LogP contribution >= 0.6 is 11.8 Å². The predicted octanol–water partition coefficient (Wildman–Crippen LogP) is 3.51. The lowest BCUT2D eigenvalue weighted by Crippen LogP contribution is -2.23. The molecule has 0 spiro atoms. The fourth-order valence-electron chi connectivity index (χ4n) is 2.29. The van der Waals surface area contributed by atoms with Crippen molar-refractivity contribution in [3.63, 3.8) is 0 Å². The van der Waals surface area contributed by atoms with E-state index in [0.717, 1.165) is 10.6 Å². The third-order valence-corrected chi connectivity index (χ3v) is 4.72. The molecule has 0 aliphatic carbocycles. The van der Waals surface area contributed by atoms with Gasteiger partial charge in [-0.15, -0.1) is 11.8 Å². The first-order valence-corrected chi connectivity index (χ1v) is 9.50. The number of hydrogen-bond donors (Lipinski definition) is 3. The lowest BCUT2D eigenvalue weighted by molar-refractivity contribution is -0.115. The topological polar surface area (TPSA) is 87.3 Å². The number of carbonyl (C=O) groups excluding carboxylic acids is 3. The summed E-state index contributed by atoms with van der Waals surface area (Å²) in [5.74, 6) is -0.389. The van der Waals surface area contributed by atoms with E-state index < -0.39 is 0 Å². The van der Waals surface area contributed by atoms with Crippen LogP contribution in [0.1, 0.15) is 31.1 Å². The third kappa shape index (κ3) is 6.45. The van der Waals surface area contributed by atoms with Gasteiger partial charge in [0.15, 0.2) is 0 Å². The molecule has 1 unspecified atom stereocenters. The van der Waals surface area contributed by atoms with Gasteiger partial charge in [0, 0.05) is 35.3 Å². The first-order chi connectivity index (χ1) is 12.9. The Morgan fingerprint density at radius 2 is 1.48 bits per heavy atom. The molecule has 0 saturated heterocycles. The molecule has 0 aliphatic heterocycles. The van der Waals surface area contributed by atoms with Crippen molar-refractivity contribution in [3.05, 3.63) is 54.1 Å². The van der Waals surface area contributed by atoms with Gasteiger partial charge in [-0.1, -0.05) is 0 Å². The van der Waals surface area contributed by atoms with Gasteiger partial charge in [-0.2, -0.15) is 0 Å². The quantitative estimate of drug-likeness (QED) is 0.637.